The van der Waals surface area contributed by atoms with Crippen LogP contribution >= 0.6 is 11.3 Å². The molecule has 6 heteroatoms. The fourth-order valence-corrected chi connectivity index (χ4v) is 4.22. The van der Waals surface area contributed by atoms with Gasteiger partial charge in [0.15, 0.2) is 0 Å². The van der Waals surface area contributed by atoms with Gasteiger partial charge in [0.05, 0.1) is 17.8 Å². The summed E-state index contributed by atoms with van der Waals surface area (Å²) in [5, 5.41) is 3.91. The minimum absolute atomic E-state index is 0.0431. The Kier molecular flexibility index (Phi) is 3.41. The molecule has 4 rings (SSSR count). The number of hydrogen-bond donors (Lipinski definition) is 0. The monoisotopic (exact) mass is 330 g/mol. The fourth-order valence-electron chi connectivity index (χ4n) is 3.59. The van der Waals surface area contributed by atoms with Crippen LogP contribution in [0.4, 0.5) is 10.1 Å². The molecule has 4 nitrogen and oxygen atoms in total. The SMILES string of the molecule is O=C(c1ccc(F)cc1)N1CC[C@@H]2[C@@H]1CC(=O)N2c1ccsc1. The van der Waals surface area contributed by atoms with Crippen molar-refractivity contribution >= 4 is 28.8 Å². The average molecular weight is 330 g/mol. The Balaban J connectivity index is 1.58. The highest BCUT2D eigenvalue weighted by Gasteiger charge is 2.49. The van der Waals surface area contributed by atoms with E-state index in [9.17, 15) is 14.0 Å². The predicted molar refractivity (Wildman–Crippen MR) is 86.1 cm³/mol. The van der Waals surface area contributed by atoms with Crippen LogP contribution in [0.15, 0.2) is 41.1 Å². The summed E-state index contributed by atoms with van der Waals surface area (Å²) in [5.74, 6) is -0.423. The molecule has 2 aliphatic heterocycles. The van der Waals surface area contributed by atoms with Gasteiger partial charge in [-0.15, -0.1) is 0 Å². The van der Waals surface area contributed by atoms with Crippen molar-refractivity contribution in [2.45, 2.75) is 24.9 Å². The van der Waals surface area contributed by atoms with Gasteiger partial charge in [-0.05, 0) is 42.1 Å². The summed E-state index contributed by atoms with van der Waals surface area (Å²) in [7, 11) is 0. The Morgan fingerprint density at radius 2 is 1.96 bits per heavy atom. The lowest BCUT2D eigenvalue weighted by molar-refractivity contribution is -0.117. The number of anilines is 1. The fraction of sp³-hybridized carbons (Fsp3) is 0.294. The van der Waals surface area contributed by atoms with Crippen LogP contribution in [0.1, 0.15) is 23.2 Å². The van der Waals surface area contributed by atoms with Gasteiger partial charge < -0.3 is 9.80 Å². The van der Waals surface area contributed by atoms with Crippen molar-refractivity contribution in [1.82, 2.24) is 4.90 Å². The summed E-state index contributed by atoms with van der Waals surface area (Å²) in [6, 6.07) is 7.46. The molecule has 3 heterocycles. The topological polar surface area (TPSA) is 40.6 Å². The first kappa shape index (κ1) is 14.4. The zero-order chi connectivity index (χ0) is 16.0. The maximum Gasteiger partial charge on any atom is 0.254 e. The third-order valence-electron chi connectivity index (χ3n) is 4.63. The van der Waals surface area contributed by atoms with Crippen LogP contribution in [0.5, 0.6) is 0 Å². The van der Waals surface area contributed by atoms with E-state index in [2.05, 4.69) is 0 Å². The van der Waals surface area contributed by atoms with Gasteiger partial charge in [-0.25, -0.2) is 4.39 Å². The van der Waals surface area contributed by atoms with Crippen molar-refractivity contribution < 1.29 is 14.0 Å². The molecule has 0 saturated carbocycles. The number of fused-ring (bicyclic) bond motifs is 1. The highest BCUT2D eigenvalue weighted by Crippen LogP contribution is 2.37. The van der Waals surface area contributed by atoms with E-state index < -0.39 is 0 Å². The first-order valence-electron chi connectivity index (χ1n) is 7.56. The van der Waals surface area contributed by atoms with E-state index in [1.807, 2.05) is 21.7 Å². The van der Waals surface area contributed by atoms with Crippen LogP contribution in [-0.2, 0) is 4.79 Å². The number of rotatable bonds is 2. The summed E-state index contributed by atoms with van der Waals surface area (Å²) in [5.41, 5.74) is 1.39. The third-order valence-corrected chi connectivity index (χ3v) is 5.30. The van der Waals surface area contributed by atoms with Gasteiger partial charge in [-0.1, -0.05) is 0 Å². The largest absolute Gasteiger partial charge is 0.333 e. The van der Waals surface area contributed by atoms with Crippen molar-refractivity contribution in [1.29, 1.82) is 0 Å². The number of halogens is 1. The number of thiophene rings is 1. The van der Waals surface area contributed by atoms with Gasteiger partial charge in [0.2, 0.25) is 5.91 Å². The van der Waals surface area contributed by atoms with Gasteiger partial charge in [0.25, 0.3) is 5.91 Å². The van der Waals surface area contributed by atoms with E-state index in [4.69, 9.17) is 0 Å². The molecular formula is C17H15FN2O2S. The van der Waals surface area contributed by atoms with Gasteiger partial charge in [0, 0.05) is 23.9 Å². The molecule has 0 aliphatic carbocycles. The third kappa shape index (κ3) is 2.34. The molecule has 2 amide bonds. The molecule has 0 bridgehead atoms. The summed E-state index contributed by atoms with van der Waals surface area (Å²) < 4.78 is 13.0. The number of benzene rings is 1. The molecule has 1 aromatic heterocycles. The van der Waals surface area contributed by atoms with Crippen LogP contribution in [0.25, 0.3) is 0 Å². The Morgan fingerprint density at radius 3 is 2.65 bits per heavy atom. The molecule has 2 atom stereocenters. The molecule has 118 valence electrons. The van der Waals surface area contributed by atoms with Gasteiger partial charge in [-0.2, -0.15) is 11.3 Å². The number of carbonyl (C=O) groups is 2. The maximum absolute atomic E-state index is 13.0. The molecule has 0 unspecified atom stereocenters. The lowest BCUT2D eigenvalue weighted by Crippen LogP contribution is -2.39. The van der Waals surface area contributed by atoms with E-state index in [0.29, 0.717) is 18.5 Å². The highest BCUT2D eigenvalue weighted by atomic mass is 32.1. The lowest BCUT2D eigenvalue weighted by Gasteiger charge is -2.25. The van der Waals surface area contributed by atoms with Crippen molar-refractivity contribution in [2.75, 3.05) is 11.4 Å². The molecule has 1 aromatic carbocycles. The smallest absolute Gasteiger partial charge is 0.254 e. The highest BCUT2D eigenvalue weighted by molar-refractivity contribution is 7.08. The van der Waals surface area contributed by atoms with Crippen LogP contribution in [0, 0.1) is 5.82 Å². The normalized spacial score (nSPS) is 23.4. The predicted octanol–water partition coefficient (Wildman–Crippen LogP) is 2.91. The van der Waals surface area contributed by atoms with E-state index in [1.54, 1.807) is 16.2 Å². The zero-order valence-electron chi connectivity index (χ0n) is 12.3. The van der Waals surface area contributed by atoms with Crippen LogP contribution in [0.2, 0.25) is 0 Å². The molecule has 0 radical (unpaired) electrons. The van der Waals surface area contributed by atoms with E-state index in [-0.39, 0.29) is 29.7 Å². The molecular weight excluding hydrogens is 315 g/mol. The van der Waals surface area contributed by atoms with Crippen LogP contribution in [-0.4, -0.2) is 35.3 Å². The number of amides is 2. The number of hydrogen-bond acceptors (Lipinski definition) is 3. The minimum Gasteiger partial charge on any atom is -0.333 e. The van der Waals surface area contributed by atoms with Crippen molar-refractivity contribution in [3.8, 4) is 0 Å². The van der Waals surface area contributed by atoms with E-state index >= 15 is 0 Å². The maximum atomic E-state index is 13.0. The van der Waals surface area contributed by atoms with Crippen molar-refractivity contribution in [3.63, 3.8) is 0 Å². The molecule has 2 aliphatic rings. The second-order valence-electron chi connectivity index (χ2n) is 5.88. The summed E-state index contributed by atoms with van der Waals surface area (Å²) in [6.07, 6.45) is 1.13. The lowest BCUT2D eigenvalue weighted by atomic mass is 10.1. The van der Waals surface area contributed by atoms with Gasteiger partial charge in [0.1, 0.15) is 5.82 Å². The second kappa shape index (κ2) is 5.45. The van der Waals surface area contributed by atoms with Gasteiger partial charge >= 0.3 is 0 Å². The van der Waals surface area contributed by atoms with Crippen LogP contribution in [0.3, 0.4) is 0 Å². The average Bonchev–Trinajstić information content (AvgIpc) is 3.24. The molecule has 0 N–H and O–H groups in total. The quantitative estimate of drug-likeness (QED) is 0.849. The Morgan fingerprint density at radius 1 is 1.17 bits per heavy atom. The van der Waals surface area contributed by atoms with Crippen molar-refractivity contribution in [3.05, 3.63) is 52.5 Å². The number of nitrogens with zero attached hydrogens (tertiary/aromatic N) is 2. The Bertz CT molecular complexity index is 744. The molecule has 2 fully saturated rings. The molecule has 23 heavy (non-hydrogen) atoms. The second-order valence-corrected chi connectivity index (χ2v) is 6.66. The zero-order valence-corrected chi connectivity index (χ0v) is 13.1. The van der Waals surface area contributed by atoms with E-state index in [1.165, 1.54) is 24.3 Å². The molecule has 2 saturated heterocycles. The van der Waals surface area contributed by atoms with Crippen molar-refractivity contribution in [2.24, 2.45) is 0 Å². The first-order chi connectivity index (χ1) is 11.1. The molecule has 0 spiro atoms. The van der Waals surface area contributed by atoms with E-state index in [0.717, 1.165) is 12.1 Å². The number of likely N-dealkylation sites (tertiary alicyclic amines) is 1. The van der Waals surface area contributed by atoms with Gasteiger partial charge in [-0.3, -0.25) is 9.59 Å². The first-order valence-corrected chi connectivity index (χ1v) is 8.50. The summed E-state index contributed by atoms with van der Waals surface area (Å²) in [6.45, 7) is 0.624. The minimum atomic E-state index is -0.361. The molecule has 2 aromatic rings. The Labute approximate surface area is 137 Å². The van der Waals surface area contributed by atoms with Crippen LogP contribution < -0.4 is 4.90 Å². The summed E-state index contributed by atoms with van der Waals surface area (Å²) >= 11 is 1.56. The Hall–Kier alpha value is -2.21. The summed E-state index contributed by atoms with van der Waals surface area (Å²) in [4.78, 5) is 28.7. The standard InChI is InChI=1S/C17H15FN2O2S/c18-12-3-1-11(2-4-12)17(22)19-7-5-14-15(19)9-16(21)20(14)13-6-8-23-10-13/h1-4,6,8,10,14-15H,5,7,9H2/t14-,15+/m1/s1. The number of carbonyl (C=O) groups excluding carboxylic acids is 2.